The number of aryl methyl sites for hydroxylation is 1. The smallest absolute Gasteiger partial charge is 0.354 e. The second kappa shape index (κ2) is 7.18. The lowest BCUT2D eigenvalue weighted by molar-refractivity contribution is 0.0515. The number of benzene rings is 1. The molecule has 2 aromatic rings. The highest BCUT2D eigenvalue weighted by molar-refractivity contribution is 7.92. The van der Waals surface area contributed by atoms with Crippen molar-refractivity contribution < 1.29 is 22.7 Å². The molecule has 0 bridgehead atoms. The lowest BCUT2D eigenvalue weighted by Gasteiger charge is -2.12. The van der Waals surface area contributed by atoms with Crippen LogP contribution in [0.4, 0.5) is 5.69 Å². The first kappa shape index (κ1) is 18.9. The second-order valence-electron chi connectivity index (χ2n) is 5.57. The Labute approximate surface area is 147 Å². The molecule has 1 aromatic heterocycles. The summed E-state index contributed by atoms with van der Waals surface area (Å²) in [6.07, 6.45) is 0. The third-order valence-corrected chi connectivity index (χ3v) is 5.34. The number of aromatic nitrogens is 1. The van der Waals surface area contributed by atoms with Gasteiger partial charge in [0.05, 0.1) is 19.4 Å². The van der Waals surface area contributed by atoms with E-state index >= 15 is 0 Å². The van der Waals surface area contributed by atoms with Gasteiger partial charge in [0.1, 0.15) is 16.3 Å². The van der Waals surface area contributed by atoms with E-state index in [-0.39, 0.29) is 17.2 Å². The van der Waals surface area contributed by atoms with Crippen LogP contribution in [0.2, 0.25) is 0 Å². The van der Waals surface area contributed by atoms with E-state index < -0.39 is 16.0 Å². The maximum atomic E-state index is 12.8. The molecule has 0 radical (unpaired) electrons. The molecule has 0 fully saturated rings. The number of nitrogens with one attached hydrogen (secondary N) is 1. The SMILES string of the molecule is CCOC(=O)c1cc(S(=O)(=O)Nc2cc(C)ccc2OC)c(C)n1C. The zero-order valence-electron chi connectivity index (χ0n) is 14.9. The average Bonchev–Trinajstić information content (AvgIpc) is 2.84. The summed E-state index contributed by atoms with van der Waals surface area (Å²) in [7, 11) is -0.816. The number of anilines is 1. The fourth-order valence-electron chi connectivity index (χ4n) is 2.45. The van der Waals surface area contributed by atoms with Gasteiger partial charge in [0.2, 0.25) is 0 Å². The molecule has 8 heteroatoms. The van der Waals surface area contributed by atoms with E-state index in [0.717, 1.165) is 5.56 Å². The lowest BCUT2D eigenvalue weighted by Crippen LogP contribution is -2.14. The van der Waals surface area contributed by atoms with Crippen molar-refractivity contribution in [3.63, 3.8) is 0 Å². The Kier molecular flexibility index (Phi) is 5.42. The fraction of sp³-hybridized carbons (Fsp3) is 0.353. The van der Waals surface area contributed by atoms with Gasteiger partial charge in [-0.05, 0) is 44.5 Å². The molecule has 0 saturated heterocycles. The summed E-state index contributed by atoms with van der Waals surface area (Å²) < 4.78 is 39.8. The van der Waals surface area contributed by atoms with Crippen LogP contribution in [0.1, 0.15) is 28.7 Å². The highest BCUT2D eigenvalue weighted by Gasteiger charge is 2.25. The first-order valence-electron chi connectivity index (χ1n) is 7.72. The Bertz CT molecular complexity index is 900. The van der Waals surface area contributed by atoms with Crippen LogP contribution in [0.15, 0.2) is 29.2 Å². The van der Waals surface area contributed by atoms with Crippen LogP contribution in [0.25, 0.3) is 0 Å². The minimum absolute atomic E-state index is 0.0154. The average molecular weight is 366 g/mol. The summed E-state index contributed by atoms with van der Waals surface area (Å²) in [6, 6.07) is 6.51. The van der Waals surface area contributed by atoms with E-state index in [1.54, 1.807) is 33.0 Å². The van der Waals surface area contributed by atoms with Crippen molar-refractivity contribution in [2.45, 2.75) is 25.7 Å². The van der Waals surface area contributed by atoms with Crippen LogP contribution in [0.3, 0.4) is 0 Å². The minimum Gasteiger partial charge on any atom is -0.495 e. The largest absolute Gasteiger partial charge is 0.495 e. The molecule has 1 N–H and O–H groups in total. The van der Waals surface area contributed by atoms with E-state index in [1.165, 1.54) is 17.7 Å². The molecular weight excluding hydrogens is 344 g/mol. The van der Waals surface area contributed by atoms with Gasteiger partial charge >= 0.3 is 5.97 Å². The van der Waals surface area contributed by atoms with Crippen LogP contribution in [-0.2, 0) is 21.8 Å². The monoisotopic (exact) mass is 366 g/mol. The molecule has 0 aliphatic rings. The van der Waals surface area contributed by atoms with Crippen molar-refractivity contribution in [1.29, 1.82) is 0 Å². The number of rotatable bonds is 6. The van der Waals surface area contributed by atoms with Crippen LogP contribution in [0, 0.1) is 13.8 Å². The lowest BCUT2D eigenvalue weighted by atomic mass is 10.2. The minimum atomic E-state index is -3.90. The number of esters is 1. The van der Waals surface area contributed by atoms with E-state index in [1.807, 2.05) is 13.0 Å². The van der Waals surface area contributed by atoms with Crippen LogP contribution < -0.4 is 9.46 Å². The normalized spacial score (nSPS) is 11.2. The summed E-state index contributed by atoms with van der Waals surface area (Å²) in [6.45, 7) is 5.38. The van der Waals surface area contributed by atoms with E-state index in [2.05, 4.69) is 4.72 Å². The first-order chi connectivity index (χ1) is 11.7. The first-order valence-corrected chi connectivity index (χ1v) is 9.20. The molecule has 25 heavy (non-hydrogen) atoms. The highest BCUT2D eigenvalue weighted by Crippen LogP contribution is 2.29. The number of ether oxygens (including phenoxy) is 2. The maximum Gasteiger partial charge on any atom is 0.354 e. The van der Waals surface area contributed by atoms with Crippen molar-refractivity contribution in [2.75, 3.05) is 18.4 Å². The Hall–Kier alpha value is -2.48. The van der Waals surface area contributed by atoms with Crippen molar-refractivity contribution in [3.05, 3.63) is 41.2 Å². The third kappa shape index (κ3) is 3.79. The molecule has 2 rings (SSSR count). The van der Waals surface area contributed by atoms with Crippen molar-refractivity contribution >= 4 is 21.7 Å². The van der Waals surface area contributed by atoms with Gasteiger partial charge in [0, 0.05) is 12.7 Å². The molecule has 1 aromatic carbocycles. The molecular formula is C17H22N2O5S. The third-order valence-electron chi connectivity index (χ3n) is 3.86. The molecule has 0 aliphatic heterocycles. The summed E-state index contributed by atoms with van der Waals surface area (Å²) >= 11 is 0. The van der Waals surface area contributed by atoms with Crippen LogP contribution >= 0.6 is 0 Å². The maximum absolute atomic E-state index is 12.8. The number of nitrogens with zero attached hydrogens (tertiary/aromatic N) is 1. The number of sulfonamides is 1. The van der Waals surface area contributed by atoms with Gasteiger partial charge in [-0.1, -0.05) is 6.07 Å². The Morgan fingerprint density at radius 2 is 1.92 bits per heavy atom. The summed E-state index contributed by atoms with van der Waals surface area (Å²) in [4.78, 5) is 12.0. The standard InChI is InChI=1S/C17H22N2O5S/c1-6-24-17(20)14-10-16(12(3)19(14)4)25(21,22)18-13-9-11(2)7-8-15(13)23-5/h7-10,18H,6H2,1-5H3. The number of methoxy groups -OCH3 is 1. The quantitative estimate of drug-likeness (QED) is 0.794. The topological polar surface area (TPSA) is 86.6 Å². The van der Waals surface area contributed by atoms with Crippen LogP contribution in [-0.4, -0.2) is 32.7 Å². The summed E-state index contributed by atoms with van der Waals surface area (Å²) in [5.41, 5.74) is 1.83. The predicted octanol–water partition coefficient (Wildman–Crippen LogP) is 2.63. The Balaban J connectivity index is 2.46. The van der Waals surface area contributed by atoms with Gasteiger partial charge in [0.15, 0.2) is 0 Å². The molecule has 136 valence electrons. The zero-order chi connectivity index (χ0) is 18.8. The molecule has 0 aliphatic carbocycles. The molecule has 0 spiro atoms. The zero-order valence-corrected chi connectivity index (χ0v) is 15.7. The molecule has 7 nitrogen and oxygen atoms in total. The van der Waals surface area contributed by atoms with Gasteiger partial charge in [-0.3, -0.25) is 4.72 Å². The second-order valence-corrected chi connectivity index (χ2v) is 7.22. The molecule has 0 atom stereocenters. The van der Waals surface area contributed by atoms with E-state index in [0.29, 0.717) is 17.1 Å². The molecule has 1 heterocycles. The van der Waals surface area contributed by atoms with Crippen LogP contribution in [0.5, 0.6) is 5.75 Å². The van der Waals surface area contributed by atoms with Gasteiger partial charge in [-0.15, -0.1) is 0 Å². The van der Waals surface area contributed by atoms with Gasteiger partial charge in [0.25, 0.3) is 10.0 Å². The highest BCUT2D eigenvalue weighted by atomic mass is 32.2. The van der Waals surface area contributed by atoms with E-state index in [4.69, 9.17) is 9.47 Å². The van der Waals surface area contributed by atoms with Gasteiger partial charge < -0.3 is 14.0 Å². The van der Waals surface area contributed by atoms with Crippen molar-refractivity contribution in [2.24, 2.45) is 7.05 Å². The fourth-order valence-corrected chi connectivity index (χ4v) is 3.80. The predicted molar refractivity (Wildman–Crippen MR) is 94.6 cm³/mol. The molecule has 0 saturated carbocycles. The van der Waals surface area contributed by atoms with Crippen molar-refractivity contribution in [3.8, 4) is 5.75 Å². The number of carbonyl (C=O) groups is 1. The molecule has 0 unspecified atom stereocenters. The number of hydrogen-bond acceptors (Lipinski definition) is 5. The van der Waals surface area contributed by atoms with Crippen molar-refractivity contribution in [1.82, 2.24) is 4.57 Å². The Morgan fingerprint density at radius 3 is 2.52 bits per heavy atom. The van der Waals surface area contributed by atoms with E-state index in [9.17, 15) is 13.2 Å². The van der Waals surface area contributed by atoms with Gasteiger partial charge in [-0.25, -0.2) is 13.2 Å². The summed E-state index contributed by atoms with van der Waals surface area (Å²) in [5, 5.41) is 0. The number of carbonyl (C=O) groups excluding carboxylic acids is 1. The summed E-state index contributed by atoms with van der Waals surface area (Å²) in [5.74, 6) is -0.156. The van der Waals surface area contributed by atoms with Gasteiger partial charge in [-0.2, -0.15) is 0 Å². The number of hydrogen-bond donors (Lipinski definition) is 1. The Morgan fingerprint density at radius 1 is 1.24 bits per heavy atom. The molecule has 0 amide bonds.